The second kappa shape index (κ2) is 11.7. The van der Waals surface area contributed by atoms with E-state index in [9.17, 15) is 5.11 Å². The lowest BCUT2D eigenvalue weighted by atomic mass is 10.1. The predicted molar refractivity (Wildman–Crippen MR) is 131 cm³/mol. The van der Waals surface area contributed by atoms with Gasteiger partial charge in [0.25, 0.3) is 0 Å². The fourth-order valence-electron chi connectivity index (χ4n) is 3.76. The summed E-state index contributed by atoms with van der Waals surface area (Å²) in [6.07, 6.45) is 4.01. The van der Waals surface area contributed by atoms with E-state index in [-0.39, 0.29) is 6.10 Å². The Bertz CT molecular complexity index is 980. The van der Waals surface area contributed by atoms with Crippen molar-refractivity contribution in [2.24, 2.45) is 0 Å². The van der Waals surface area contributed by atoms with Gasteiger partial charge in [0, 0.05) is 13.1 Å². The van der Waals surface area contributed by atoms with Crippen LogP contribution in [0.3, 0.4) is 0 Å². The highest BCUT2D eigenvalue weighted by Gasteiger charge is 2.22. The maximum atomic E-state index is 10.5. The monoisotopic (exact) mass is 433 g/mol. The maximum Gasteiger partial charge on any atom is 0.227 e. The number of benzene rings is 2. The zero-order valence-corrected chi connectivity index (χ0v) is 19.5. The number of aliphatic hydroxyl groups excluding tert-OH is 1. The molecule has 170 valence electrons. The van der Waals surface area contributed by atoms with E-state index in [1.807, 2.05) is 72.3 Å². The minimum atomic E-state index is -0.384. The molecule has 3 aromatic rings. The first kappa shape index (κ1) is 23.8. The van der Waals surface area contributed by atoms with Gasteiger partial charge in [-0.05, 0) is 63.9 Å². The van der Waals surface area contributed by atoms with E-state index >= 15 is 0 Å². The molecule has 0 saturated carbocycles. The maximum absolute atomic E-state index is 10.5. The molecular weight excluding hydrogens is 398 g/mol. The summed E-state index contributed by atoms with van der Waals surface area (Å²) in [4.78, 5) is 2.29. The van der Waals surface area contributed by atoms with Crippen molar-refractivity contribution in [3.63, 3.8) is 0 Å². The minimum absolute atomic E-state index is 0.384. The lowest BCUT2D eigenvalue weighted by Crippen LogP contribution is -2.33. The van der Waals surface area contributed by atoms with Crippen LogP contribution in [0.15, 0.2) is 67.3 Å². The molecule has 2 aromatic carbocycles. The van der Waals surface area contributed by atoms with Gasteiger partial charge in [-0.1, -0.05) is 48.9 Å². The molecule has 1 N–H and O–H groups in total. The van der Waals surface area contributed by atoms with Crippen LogP contribution in [0.5, 0.6) is 11.6 Å². The van der Waals surface area contributed by atoms with Crippen LogP contribution in [-0.4, -0.2) is 39.0 Å². The van der Waals surface area contributed by atoms with Gasteiger partial charge >= 0.3 is 0 Å². The van der Waals surface area contributed by atoms with E-state index in [4.69, 9.17) is 9.84 Å². The average molecular weight is 434 g/mol. The number of allylic oxidation sites excluding steroid dienone is 1. The number of ether oxygens (including phenoxy) is 1. The number of para-hydroxylation sites is 1. The van der Waals surface area contributed by atoms with Crippen molar-refractivity contribution in [2.45, 2.75) is 52.7 Å². The molecule has 3 rings (SSSR count). The van der Waals surface area contributed by atoms with Crippen molar-refractivity contribution >= 4 is 0 Å². The lowest BCUT2D eigenvalue weighted by molar-refractivity contribution is 0.102. The minimum Gasteiger partial charge on any atom is -0.439 e. The van der Waals surface area contributed by atoms with Gasteiger partial charge in [-0.25, -0.2) is 4.68 Å². The largest absolute Gasteiger partial charge is 0.439 e. The summed E-state index contributed by atoms with van der Waals surface area (Å²) < 4.78 is 8.30. The quantitative estimate of drug-likeness (QED) is 0.366. The third-order valence-corrected chi connectivity index (χ3v) is 5.47. The summed E-state index contributed by atoms with van der Waals surface area (Å²) in [5.41, 5.74) is 4.11. The fraction of sp³-hybridized carbons (Fsp3) is 0.370. The molecule has 0 aliphatic heterocycles. The molecular formula is C27H35N3O2. The van der Waals surface area contributed by atoms with E-state index in [1.165, 1.54) is 5.56 Å². The first-order valence-corrected chi connectivity index (χ1v) is 11.4. The zero-order valence-electron chi connectivity index (χ0n) is 19.5. The summed E-state index contributed by atoms with van der Waals surface area (Å²) >= 11 is 0. The third-order valence-electron chi connectivity index (χ3n) is 5.47. The Morgan fingerprint density at radius 2 is 1.84 bits per heavy atom. The number of rotatable bonds is 12. The molecule has 0 fully saturated rings. The van der Waals surface area contributed by atoms with Crippen molar-refractivity contribution < 1.29 is 9.84 Å². The second-order valence-corrected chi connectivity index (χ2v) is 8.29. The number of aromatic nitrogens is 2. The number of hydrogen-bond donors (Lipinski definition) is 1. The summed E-state index contributed by atoms with van der Waals surface area (Å²) in [7, 11) is 0. The van der Waals surface area contributed by atoms with E-state index in [1.54, 1.807) is 0 Å². The van der Waals surface area contributed by atoms with Gasteiger partial charge in [0.05, 0.1) is 23.0 Å². The number of nitrogens with zero attached hydrogens (tertiary/aromatic N) is 3. The van der Waals surface area contributed by atoms with Crippen molar-refractivity contribution in [3.8, 4) is 17.3 Å². The Labute approximate surface area is 192 Å². The van der Waals surface area contributed by atoms with Gasteiger partial charge in [0.2, 0.25) is 5.88 Å². The molecule has 32 heavy (non-hydrogen) atoms. The normalized spacial score (nSPS) is 12.2. The molecule has 0 radical (unpaired) electrons. The lowest BCUT2D eigenvalue weighted by Gasteiger charge is -2.25. The van der Waals surface area contributed by atoms with Gasteiger partial charge < -0.3 is 9.84 Å². The predicted octanol–water partition coefficient (Wildman–Crippen LogP) is 5.82. The molecule has 0 spiro atoms. The average Bonchev–Trinajstić information content (AvgIpc) is 3.09. The molecule has 1 heterocycles. The summed E-state index contributed by atoms with van der Waals surface area (Å²) in [6, 6.07) is 18.1. The molecule has 5 heteroatoms. The van der Waals surface area contributed by atoms with E-state index in [2.05, 4.69) is 25.3 Å². The Morgan fingerprint density at radius 1 is 1.12 bits per heavy atom. The second-order valence-electron chi connectivity index (χ2n) is 8.29. The highest BCUT2D eigenvalue weighted by molar-refractivity contribution is 5.43. The van der Waals surface area contributed by atoms with Crippen LogP contribution in [0, 0.1) is 13.8 Å². The molecule has 5 nitrogen and oxygen atoms in total. The van der Waals surface area contributed by atoms with Crippen molar-refractivity contribution in [2.75, 3.05) is 13.1 Å². The third kappa shape index (κ3) is 6.31. The fourth-order valence-corrected chi connectivity index (χ4v) is 3.76. The van der Waals surface area contributed by atoms with E-state index in [0.29, 0.717) is 13.1 Å². The molecule has 0 aliphatic carbocycles. The van der Waals surface area contributed by atoms with Gasteiger partial charge in [-0.2, -0.15) is 5.10 Å². The van der Waals surface area contributed by atoms with Crippen LogP contribution in [-0.2, 0) is 6.54 Å². The zero-order chi connectivity index (χ0) is 22.9. The summed E-state index contributed by atoms with van der Waals surface area (Å²) in [5.74, 6) is 1.50. The van der Waals surface area contributed by atoms with Crippen LogP contribution >= 0.6 is 0 Å². The Morgan fingerprint density at radius 3 is 2.50 bits per heavy atom. The Balaban J connectivity index is 1.94. The molecule has 0 saturated heterocycles. The Hall–Kier alpha value is -2.89. The molecule has 0 aliphatic rings. The van der Waals surface area contributed by atoms with Crippen molar-refractivity contribution in [1.29, 1.82) is 0 Å². The standard InChI is InChI=1S/C27H35N3O2/c1-5-7-13-24(31)19-29(18-6-2)20-26-22(4)28-30(23-11-9-8-10-12-23)27(26)32-25-16-14-21(3)15-17-25/h5,8-12,14-17,24,31H,1,6-7,13,18-20H2,2-4H3. The van der Waals surface area contributed by atoms with Crippen LogP contribution in [0.1, 0.15) is 43.0 Å². The first-order chi connectivity index (χ1) is 15.5. The summed E-state index contributed by atoms with van der Waals surface area (Å²) in [5, 5.41) is 15.3. The molecule has 1 atom stereocenters. The van der Waals surface area contributed by atoms with Gasteiger partial charge in [-0.3, -0.25) is 4.90 Å². The van der Waals surface area contributed by atoms with Crippen LogP contribution in [0.25, 0.3) is 5.69 Å². The van der Waals surface area contributed by atoms with Gasteiger partial charge in [0.1, 0.15) is 5.75 Å². The van der Waals surface area contributed by atoms with E-state index in [0.717, 1.165) is 54.4 Å². The number of aliphatic hydroxyl groups is 1. The number of aryl methyl sites for hydroxylation is 2. The van der Waals surface area contributed by atoms with Crippen molar-refractivity contribution in [1.82, 2.24) is 14.7 Å². The number of hydrogen-bond acceptors (Lipinski definition) is 4. The highest BCUT2D eigenvalue weighted by atomic mass is 16.5. The topological polar surface area (TPSA) is 50.5 Å². The van der Waals surface area contributed by atoms with Crippen LogP contribution < -0.4 is 4.74 Å². The molecule has 1 unspecified atom stereocenters. The van der Waals surface area contributed by atoms with Crippen LogP contribution in [0.4, 0.5) is 0 Å². The Kier molecular flexibility index (Phi) is 8.65. The van der Waals surface area contributed by atoms with Crippen molar-refractivity contribution in [3.05, 3.63) is 84.1 Å². The SMILES string of the molecule is C=CCCC(O)CN(CCC)Cc1c(C)nn(-c2ccccc2)c1Oc1ccc(C)cc1. The molecule has 0 bridgehead atoms. The van der Waals surface area contributed by atoms with Gasteiger partial charge in [-0.15, -0.1) is 6.58 Å². The van der Waals surface area contributed by atoms with Gasteiger partial charge in [0.15, 0.2) is 0 Å². The molecule has 0 amide bonds. The highest BCUT2D eigenvalue weighted by Crippen LogP contribution is 2.32. The smallest absolute Gasteiger partial charge is 0.227 e. The van der Waals surface area contributed by atoms with E-state index < -0.39 is 0 Å². The molecule has 1 aromatic heterocycles. The van der Waals surface area contributed by atoms with Crippen LogP contribution in [0.2, 0.25) is 0 Å². The first-order valence-electron chi connectivity index (χ1n) is 11.4. The summed E-state index contributed by atoms with van der Waals surface area (Å²) in [6.45, 7) is 12.2.